The first-order valence-corrected chi connectivity index (χ1v) is 15.2. The van der Waals surface area contributed by atoms with Crippen LogP contribution in [0, 0.1) is 6.92 Å². The van der Waals surface area contributed by atoms with Crippen molar-refractivity contribution in [1.82, 2.24) is 19.2 Å². The summed E-state index contributed by atoms with van der Waals surface area (Å²) in [4.78, 5) is 12.5. The molecule has 0 unspecified atom stereocenters. The first kappa shape index (κ1) is 27.2. The quantitative estimate of drug-likeness (QED) is 0.275. The minimum Gasteiger partial charge on any atom is -0.340 e. The van der Waals surface area contributed by atoms with Gasteiger partial charge in [-0.25, -0.2) is 18.4 Å². The van der Waals surface area contributed by atoms with Crippen molar-refractivity contribution in [2.45, 2.75) is 51.0 Å². The van der Waals surface area contributed by atoms with Gasteiger partial charge in [0.1, 0.15) is 11.6 Å². The molecular weight excluding hydrogens is 506 g/mol. The fourth-order valence-electron chi connectivity index (χ4n) is 5.09. The Bertz CT molecular complexity index is 1530. The molecule has 1 aliphatic heterocycles. The van der Waals surface area contributed by atoms with Crippen molar-refractivity contribution in [2.75, 3.05) is 31.5 Å². The number of piperazine rings is 1. The standard InChI is InChI=1S/C31H37N5O2S/c1-4-5-10-25-14-16-27(17-15-25)39(37,38)36-20-18-35(19-21-36)24(3)30-33-29-13-7-6-12-28(29)31(34-30)32-26-11-8-9-23(2)22-26/h6-9,11-17,22,24H,4-5,10,18-21H2,1-3H3,(H,32,33,34)/t24-/m1/s1. The molecule has 0 amide bonds. The highest BCUT2D eigenvalue weighted by Crippen LogP contribution is 2.29. The van der Waals surface area contributed by atoms with E-state index in [1.165, 1.54) is 11.1 Å². The lowest BCUT2D eigenvalue weighted by Crippen LogP contribution is -2.49. The van der Waals surface area contributed by atoms with E-state index in [0.29, 0.717) is 31.1 Å². The van der Waals surface area contributed by atoms with E-state index >= 15 is 0 Å². The van der Waals surface area contributed by atoms with Gasteiger partial charge in [-0.2, -0.15) is 4.31 Å². The summed E-state index contributed by atoms with van der Waals surface area (Å²) in [6, 6.07) is 23.6. The zero-order chi connectivity index (χ0) is 27.4. The van der Waals surface area contributed by atoms with Crippen LogP contribution < -0.4 is 5.32 Å². The lowest BCUT2D eigenvalue weighted by atomic mass is 10.1. The Morgan fingerprint density at radius 3 is 2.38 bits per heavy atom. The third kappa shape index (κ3) is 6.13. The maximum atomic E-state index is 13.3. The lowest BCUT2D eigenvalue weighted by Gasteiger charge is -2.37. The number of hydrogen-bond acceptors (Lipinski definition) is 6. The van der Waals surface area contributed by atoms with Crippen LogP contribution in [0.2, 0.25) is 0 Å². The second-order valence-corrected chi connectivity index (χ2v) is 12.2. The Morgan fingerprint density at radius 1 is 0.923 bits per heavy atom. The SMILES string of the molecule is CCCCc1ccc(S(=O)(=O)N2CCN([C@H](C)c3nc(Nc4cccc(C)c4)c4ccccc4n3)CC2)cc1. The summed E-state index contributed by atoms with van der Waals surface area (Å²) in [5.41, 5.74) is 4.22. The number of rotatable bonds is 9. The normalized spacial score (nSPS) is 15.9. The smallest absolute Gasteiger partial charge is 0.243 e. The van der Waals surface area contributed by atoms with Crippen molar-refractivity contribution in [2.24, 2.45) is 0 Å². The first-order chi connectivity index (χ1) is 18.8. The third-order valence-electron chi connectivity index (χ3n) is 7.48. The van der Waals surface area contributed by atoms with E-state index in [1.54, 1.807) is 16.4 Å². The van der Waals surface area contributed by atoms with Gasteiger partial charge in [0, 0.05) is 37.3 Å². The van der Waals surface area contributed by atoms with Gasteiger partial charge in [-0.15, -0.1) is 0 Å². The summed E-state index contributed by atoms with van der Waals surface area (Å²) >= 11 is 0. The van der Waals surface area contributed by atoms with Crippen LogP contribution in [0.4, 0.5) is 11.5 Å². The number of sulfonamides is 1. The number of fused-ring (bicyclic) bond motifs is 1. The molecular formula is C31H37N5O2S. The first-order valence-electron chi connectivity index (χ1n) is 13.8. The number of anilines is 2. The molecule has 1 aromatic heterocycles. The molecule has 1 N–H and O–H groups in total. The van der Waals surface area contributed by atoms with Gasteiger partial charge in [0.15, 0.2) is 0 Å². The van der Waals surface area contributed by atoms with Gasteiger partial charge >= 0.3 is 0 Å². The van der Waals surface area contributed by atoms with Gasteiger partial charge < -0.3 is 5.32 Å². The van der Waals surface area contributed by atoms with E-state index in [9.17, 15) is 8.42 Å². The van der Waals surface area contributed by atoms with Crippen LogP contribution in [0.1, 0.15) is 49.7 Å². The van der Waals surface area contributed by atoms with Crippen LogP contribution in [-0.2, 0) is 16.4 Å². The molecule has 5 rings (SSSR count). The van der Waals surface area contributed by atoms with Crippen LogP contribution in [-0.4, -0.2) is 53.8 Å². The molecule has 39 heavy (non-hydrogen) atoms. The fourth-order valence-corrected chi connectivity index (χ4v) is 6.51. The van der Waals surface area contributed by atoms with E-state index in [2.05, 4.69) is 43.1 Å². The van der Waals surface area contributed by atoms with Gasteiger partial charge in [0.05, 0.1) is 16.5 Å². The number of benzene rings is 3. The lowest BCUT2D eigenvalue weighted by molar-refractivity contribution is 0.141. The molecule has 8 heteroatoms. The molecule has 0 bridgehead atoms. The van der Waals surface area contributed by atoms with Gasteiger partial charge in [-0.05, 0) is 74.2 Å². The molecule has 204 valence electrons. The van der Waals surface area contributed by atoms with Crippen LogP contribution in [0.3, 0.4) is 0 Å². The largest absolute Gasteiger partial charge is 0.340 e. The highest BCUT2D eigenvalue weighted by molar-refractivity contribution is 7.89. The maximum Gasteiger partial charge on any atom is 0.243 e. The highest BCUT2D eigenvalue weighted by atomic mass is 32.2. The Labute approximate surface area is 232 Å². The van der Waals surface area contributed by atoms with Gasteiger partial charge in [0.25, 0.3) is 0 Å². The average Bonchev–Trinajstić information content (AvgIpc) is 2.96. The molecule has 4 aromatic rings. The predicted octanol–water partition coefficient (Wildman–Crippen LogP) is 6.09. The Morgan fingerprint density at radius 2 is 1.67 bits per heavy atom. The minimum atomic E-state index is -3.52. The summed E-state index contributed by atoms with van der Waals surface area (Å²) in [6.07, 6.45) is 3.21. The Hall–Kier alpha value is -3.33. The van der Waals surface area contributed by atoms with E-state index in [4.69, 9.17) is 9.97 Å². The zero-order valence-electron chi connectivity index (χ0n) is 23.0. The maximum absolute atomic E-state index is 13.3. The van der Waals surface area contributed by atoms with Gasteiger partial charge in [-0.1, -0.05) is 49.7 Å². The zero-order valence-corrected chi connectivity index (χ0v) is 23.8. The van der Waals surface area contributed by atoms with Crippen molar-refractivity contribution < 1.29 is 8.42 Å². The second kappa shape index (κ2) is 11.8. The molecule has 0 spiro atoms. The number of nitrogens with zero attached hydrogens (tertiary/aromatic N) is 4. The number of para-hydroxylation sites is 1. The summed E-state index contributed by atoms with van der Waals surface area (Å²) in [6.45, 7) is 8.43. The summed E-state index contributed by atoms with van der Waals surface area (Å²) in [7, 11) is -3.52. The molecule has 1 aliphatic rings. The van der Waals surface area contributed by atoms with E-state index in [0.717, 1.165) is 47.5 Å². The van der Waals surface area contributed by atoms with Crippen LogP contribution in [0.5, 0.6) is 0 Å². The minimum absolute atomic E-state index is 0.0598. The molecule has 1 saturated heterocycles. The topological polar surface area (TPSA) is 78.4 Å². The van der Waals surface area contributed by atoms with Crippen molar-refractivity contribution >= 4 is 32.4 Å². The molecule has 3 aromatic carbocycles. The molecule has 7 nitrogen and oxygen atoms in total. The summed E-state index contributed by atoms with van der Waals surface area (Å²) in [5.74, 6) is 1.50. The third-order valence-corrected chi connectivity index (χ3v) is 9.39. The van der Waals surface area contributed by atoms with E-state index < -0.39 is 10.0 Å². The van der Waals surface area contributed by atoms with Crippen LogP contribution in [0.15, 0.2) is 77.7 Å². The highest BCUT2D eigenvalue weighted by Gasteiger charge is 2.31. The van der Waals surface area contributed by atoms with Crippen LogP contribution >= 0.6 is 0 Å². The number of hydrogen-bond donors (Lipinski definition) is 1. The molecule has 0 saturated carbocycles. The fraction of sp³-hybridized carbons (Fsp3) is 0.355. The average molecular weight is 544 g/mol. The van der Waals surface area contributed by atoms with Gasteiger partial charge in [-0.3, -0.25) is 4.90 Å². The Kier molecular flexibility index (Phi) is 8.26. The molecule has 0 aliphatic carbocycles. The number of nitrogens with one attached hydrogen (secondary N) is 1. The van der Waals surface area contributed by atoms with Crippen molar-refractivity contribution in [1.29, 1.82) is 0 Å². The molecule has 2 heterocycles. The Balaban J connectivity index is 1.31. The second-order valence-electron chi connectivity index (χ2n) is 10.3. The van der Waals surface area contributed by atoms with E-state index in [-0.39, 0.29) is 6.04 Å². The summed E-state index contributed by atoms with van der Waals surface area (Å²) < 4.78 is 28.2. The van der Waals surface area contributed by atoms with Crippen LogP contribution in [0.25, 0.3) is 10.9 Å². The van der Waals surface area contributed by atoms with Crippen molar-refractivity contribution in [3.05, 3.63) is 89.7 Å². The number of unbranched alkanes of at least 4 members (excludes halogenated alkanes) is 1. The van der Waals surface area contributed by atoms with E-state index in [1.807, 2.05) is 48.5 Å². The molecule has 0 radical (unpaired) electrons. The molecule has 1 atom stereocenters. The molecule has 1 fully saturated rings. The van der Waals surface area contributed by atoms with Gasteiger partial charge in [0.2, 0.25) is 10.0 Å². The number of aryl methyl sites for hydroxylation is 2. The van der Waals surface area contributed by atoms with Crippen molar-refractivity contribution in [3.8, 4) is 0 Å². The monoisotopic (exact) mass is 543 g/mol. The predicted molar refractivity (Wildman–Crippen MR) is 158 cm³/mol. The summed E-state index contributed by atoms with van der Waals surface area (Å²) in [5, 5.41) is 4.45. The van der Waals surface area contributed by atoms with Crippen molar-refractivity contribution in [3.63, 3.8) is 0 Å². The number of aromatic nitrogens is 2.